The molecule has 1 unspecified atom stereocenters. The number of hydrogen-bond donors (Lipinski definition) is 1. The second kappa shape index (κ2) is 6.14. The molecule has 2 heteroatoms. The molecule has 0 aromatic heterocycles. The molecule has 1 atom stereocenters. The van der Waals surface area contributed by atoms with Crippen molar-refractivity contribution >= 4 is 11.6 Å². The molecular formula is C13H20ClN. The van der Waals surface area contributed by atoms with E-state index in [9.17, 15) is 0 Å². The summed E-state index contributed by atoms with van der Waals surface area (Å²) in [6, 6.07) is 6.67. The largest absolute Gasteiger partial charge is 0.313 e. The van der Waals surface area contributed by atoms with E-state index in [1.54, 1.807) is 0 Å². The topological polar surface area (TPSA) is 12.0 Å². The molecule has 1 nitrogen and oxygen atoms in total. The Balaban J connectivity index is 2.99. The van der Waals surface area contributed by atoms with Crippen molar-refractivity contribution in [1.82, 2.24) is 5.32 Å². The normalized spacial score (nSPS) is 12.8. The fourth-order valence-corrected chi connectivity index (χ4v) is 2.16. The SMILES string of the molecule is CCCC(NC)c1ccc(Cl)cc1CC. The average Bonchev–Trinajstić information content (AvgIpc) is 2.26. The Hall–Kier alpha value is -0.530. The molecule has 0 bridgehead atoms. The maximum absolute atomic E-state index is 6.00. The van der Waals surface area contributed by atoms with E-state index < -0.39 is 0 Å². The molecular weight excluding hydrogens is 206 g/mol. The summed E-state index contributed by atoms with van der Waals surface area (Å²) in [5.74, 6) is 0. The van der Waals surface area contributed by atoms with Gasteiger partial charge in [0, 0.05) is 11.1 Å². The van der Waals surface area contributed by atoms with Gasteiger partial charge in [0.15, 0.2) is 0 Å². The lowest BCUT2D eigenvalue weighted by Crippen LogP contribution is -2.17. The highest BCUT2D eigenvalue weighted by Gasteiger charge is 2.11. The molecule has 0 aliphatic carbocycles. The molecule has 84 valence electrons. The van der Waals surface area contributed by atoms with Gasteiger partial charge in [0.25, 0.3) is 0 Å². The lowest BCUT2D eigenvalue weighted by Gasteiger charge is -2.19. The third-order valence-corrected chi connectivity index (χ3v) is 3.02. The number of hydrogen-bond acceptors (Lipinski definition) is 1. The van der Waals surface area contributed by atoms with E-state index in [-0.39, 0.29) is 0 Å². The van der Waals surface area contributed by atoms with Crippen LogP contribution >= 0.6 is 11.6 Å². The van der Waals surface area contributed by atoms with Gasteiger partial charge in [-0.05, 0) is 43.1 Å². The second-order valence-corrected chi connectivity index (χ2v) is 4.26. The molecule has 0 fully saturated rings. The van der Waals surface area contributed by atoms with Crippen molar-refractivity contribution in [3.8, 4) is 0 Å². The van der Waals surface area contributed by atoms with E-state index in [1.807, 2.05) is 13.1 Å². The first-order valence-corrected chi connectivity index (χ1v) is 6.06. The van der Waals surface area contributed by atoms with Gasteiger partial charge in [-0.15, -0.1) is 0 Å². The third-order valence-electron chi connectivity index (χ3n) is 2.79. The number of halogens is 1. The molecule has 1 N–H and O–H groups in total. The molecule has 0 aliphatic heterocycles. The molecule has 0 saturated carbocycles. The van der Waals surface area contributed by atoms with Crippen LogP contribution in [0, 0.1) is 0 Å². The molecule has 0 saturated heterocycles. The van der Waals surface area contributed by atoms with Crippen molar-refractivity contribution in [2.45, 2.75) is 39.2 Å². The summed E-state index contributed by atoms with van der Waals surface area (Å²) in [5, 5.41) is 4.21. The average molecular weight is 226 g/mol. The standard InChI is InChI=1S/C13H20ClN/c1-4-6-13(15-3)12-8-7-11(14)9-10(12)5-2/h7-9,13,15H,4-6H2,1-3H3. The molecule has 1 aromatic carbocycles. The number of aryl methyl sites for hydroxylation is 1. The van der Waals surface area contributed by atoms with Crippen LogP contribution in [-0.2, 0) is 6.42 Å². The van der Waals surface area contributed by atoms with Crippen LogP contribution in [0.1, 0.15) is 43.9 Å². The zero-order valence-electron chi connectivity index (χ0n) is 9.81. The Morgan fingerprint density at radius 3 is 2.60 bits per heavy atom. The molecule has 0 spiro atoms. The lowest BCUT2D eigenvalue weighted by atomic mass is 9.96. The molecule has 0 radical (unpaired) electrons. The molecule has 0 amide bonds. The predicted molar refractivity (Wildman–Crippen MR) is 67.5 cm³/mol. The molecule has 1 aromatic rings. The summed E-state index contributed by atoms with van der Waals surface area (Å²) in [6.07, 6.45) is 3.40. The van der Waals surface area contributed by atoms with E-state index in [4.69, 9.17) is 11.6 Å². The molecule has 0 aliphatic rings. The number of rotatable bonds is 5. The van der Waals surface area contributed by atoms with E-state index in [2.05, 4.69) is 31.3 Å². The first kappa shape index (κ1) is 12.5. The first-order valence-electron chi connectivity index (χ1n) is 5.68. The Labute approximate surface area is 97.8 Å². The van der Waals surface area contributed by atoms with Crippen molar-refractivity contribution < 1.29 is 0 Å². The summed E-state index contributed by atoms with van der Waals surface area (Å²) in [5.41, 5.74) is 2.75. The summed E-state index contributed by atoms with van der Waals surface area (Å²) >= 11 is 6.00. The van der Waals surface area contributed by atoms with Crippen LogP contribution < -0.4 is 5.32 Å². The fraction of sp³-hybridized carbons (Fsp3) is 0.538. The maximum Gasteiger partial charge on any atom is 0.0408 e. The maximum atomic E-state index is 6.00. The summed E-state index contributed by atoms with van der Waals surface area (Å²) in [7, 11) is 2.02. The van der Waals surface area contributed by atoms with Crippen molar-refractivity contribution in [3.63, 3.8) is 0 Å². The zero-order chi connectivity index (χ0) is 11.3. The van der Waals surface area contributed by atoms with Crippen LogP contribution in [0.15, 0.2) is 18.2 Å². The lowest BCUT2D eigenvalue weighted by molar-refractivity contribution is 0.538. The van der Waals surface area contributed by atoms with Gasteiger partial charge >= 0.3 is 0 Å². The van der Waals surface area contributed by atoms with Crippen LogP contribution in [0.2, 0.25) is 5.02 Å². The smallest absolute Gasteiger partial charge is 0.0408 e. The van der Waals surface area contributed by atoms with Crippen LogP contribution in [0.3, 0.4) is 0 Å². The molecule has 0 heterocycles. The molecule has 1 rings (SSSR count). The van der Waals surface area contributed by atoms with Gasteiger partial charge in [-0.2, -0.15) is 0 Å². The van der Waals surface area contributed by atoms with E-state index >= 15 is 0 Å². The van der Waals surface area contributed by atoms with E-state index in [1.165, 1.54) is 24.0 Å². The second-order valence-electron chi connectivity index (χ2n) is 3.83. The zero-order valence-corrected chi connectivity index (χ0v) is 10.6. The van der Waals surface area contributed by atoms with Crippen molar-refractivity contribution in [2.24, 2.45) is 0 Å². The predicted octanol–water partition coefficient (Wildman–Crippen LogP) is 3.96. The number of benzene rings is 1. The van der Waals surface area contributed by atoms with Crippen LogP contribution in [0.5, 0.6) is 0 Å². The van der Waals surface area contributed by atoms with E-state index in [0.29, 0.717) is 6.04 Å². The first-order chi connectivity index (χ1) is 7.22. The fourth-order valence-electron chi connectivity index (χ4n) is 1.96. The Kier molecular flexibility index (Phi) is 5.13. The van der Waals surface area contributed by atoms with Crippen LogP contribution in [-0.4, -0.2) is 7.05 Å². The van der Waals surface area contributed by atoms with Crippen LogP contribution in [0.4, 0.5) is 0 Å². The summed E-state index contributed by atoms with van der Waals surface area (Å²) in [6.45, 7) is 4.39. The van der Waals surface area contributed by atoms with Gasteiger partial charge in [-0.25, -0.2) is 0 Å². The van der Waals surface area contributed by atoms with Gasteiger partial charge in [-0.1, -0.05) is 37.9 Å². The third kappa shape index (κ3) is 3.22. The quantitative estimate of drug-likeness (QED) is 0.800. The van der Waals surface area contributed by atoms with Gasteiger partial charge in [0.2, 0.25) is 0 Å². The van der Waals surface area contributed by atoms with Gasteiger partial charge < -0.3 is 5.32 Å². The Bertz CT molecular complexity index is 309. The summed E-state index contributed by atoms with van der Waals surface area (Å²) in [4.78, 5) is 0. The highest BCUT2D eigenvalue weighted by atomic mass is 35.5. The number of nitrogens with one attached hydrogen (secondary N) is 1. The van der Waals surface area contributed by atoms with Crippen molar-refractivity contribution in [1.29, 1.82) is 0 Å². The van der Waals surface area contributed by atoms with Gasteiger partial charge in [-0.3, -0.25) is 0 Å². The monoisotopic (exact) mass is 225 g/mol. The van der Waals surface area contributed by atoms with Crippen molar-refractivity contribution in [3.05, 3.63) is 34.3 Å². The summed E-state index contributed by atoms with van der Waals surface area (Å²) < 4.78 is 0. The Morgan fingerprint density at radius 2 is 2.07 bits per heavy atom. The van der Waals surface area contributed by atoms with Crippen molar-refractivity contribution in [2.75, 3.05) is 7.05 Å². The molecule has 15 heavy (non-hydrogen) atoms. The van der Waals surface area contributed by atoms with Gasteiger partial charge in [0.05, 0.1) is 0 Å². The Morgan fingerprint density at radius 1 is 1.33 bits per heavy atom. The van der Waals surface area contributed by atoms with Crippen LogP contribution in [0.25, 0.3) is 0 Å². The minimum Gasteiger partial charge on any atom is -0.313 e. The minimum atomic E-state index is 0.460. The minimum absolute atomic E-state index is 0.460. The van der Waals surface area contributed by atoms with E-state index in [0.717, 1.165) is 11.4 Å². The van der Waals surface area contributed by atoms with Gasteiger partial charge in [0.1, 0.15) is 0 Å². The highest BCUT2D eigenvalue weighted by molar-refractivity contribution is 6.30. The highest BCUT2D eigenvalue weighted by Crippen LogP contribution is 2.25.